The highest BCUT2D eigenvalue weighted by molar-refractivity contribution is 7.99. The van der Waals surface area contributed by atoms with Crippen LogP contribution in [0.4, 0.5) is 4.39 Å². The first-order valence-electron chi connectivity index (χ1n) is 6.42. The van der Waals surface area contributed by atoms with Crippen molar-refractivity contribution in [2.75, 3.05) is 18.9 Å². The van der Waals surface area contributed by atoms with Crippen LogP contribution in [0.15, 0.2) is 29.2 Å². The van der Waals surface area contributed by atoms with Crippen LogP contribution in [0.3, 0.4) is 0 Å². The lowest BCUT2D eigenvalue weighted by Gasteiger charge is -2.05. The molecule has 110 valence electrons. The van der Waals surface area contributed by atoms with E-state index in [1.807, 2.05) is 0 Å². The number of rotatable bonds is 8. The third-order valence-corrected chi connectivity index (χ3v) is 3.38. The smallest absolute Gasteiger partial charge is 0.307 e. The van der Waals surface area contributed by atoms with Gasteiger partial charge in [0.1, 0.15) is 5.82 Å². The summed E-state index contributed by atoms with van der Waals surface area (Å²) in [6.45, 7) is 2.38. The molecule has 0 spiro atoms. The van der Waals surface area contributed by atoms with Gasteiger partial charge in [-0.25, -0.2) is 4.39 Å². The molecule has 1 rings (SSSR count). The molecule has 6 heteroatoms. The zero-order chi connectivity index (χ0) is 14.8. The number of carbonyl (C=O) groups excluding carboxylic acids is 2. The third kappa shape index (κ3) is 7.13. The Labute approximate surface area is 122 Å². The molecule has 0 aliphatic heterocycles. The van der Waals surface area contributed by atoms with Crippen molar-refractivity contribution >= 4 is 23.6 Å². The number of esters is 1. The average Bonchev–Trinajstić information content (AvgIpc) is 2.41. The van der Waals surface area contributed by atoms with Crippen LogP contribution in [0.2, 0.25) is 0 Å². The molecule has 1 aromatic rings. The van der Waals surface area contributed by atoms with Crippen molar-refractivity contribution < 1.29 is 18.7 Å². The van der Waals surface area contributed by atoms with Gasteiger partial charge < -0.3 is 10.1 Å². The zero-order valence-corrected chi connectivity index (χ0v) is 12.2. The van der Waals surface area contributed by atoms with E-state index in [2.05, 4.69) is 5.32 Å². The SMILES string of the molecule is CCOC(=O)CCNC(=O)CCSc1ccc(F)cc1. The fourth-order valence-electron chi connectivity index (χ4n) is 1.42. The molecule has 0 aliphatic carbocycles. The Morgan fingerprint density at radius 3 is 2.60 bits per heavy atom. The highest BCUT2D eigenvalue weighted by atomic mass is 32.2. The van der Waals surface area contributed by atoms with Crippen LogP contribution in [0.5, 0.6) is 0 Å². The number of halogens is 1. The summed E-state index contributed by atoms with van der Waals surface area (Å²) in [6.07, 6.45) is 0.537. The maximum absolute atomic E-state index is 12.7. The van der Waals surface area contributed by atoms with Gasteiger partial charge in [-0.3, -0.25) is 9.59 Å². The maximum atomic E-state index is 12.7. The van der Waals surface area contributed by atoms with Gasteiger partial charge in [0.15, 0.2) is 0 Å². The summed E-state index contributed by atoms with van der Waals surface area (Å²) >= 11 is 1.49. The summed E-state index contributed by atoms with van der Waals surface area (Å²) in [5, 5.41) is 2.65. The molecular formula is C14H18FNO3S. The third-order valence-electron chi connectivity index (χ3n) is 2.37. The van der Waals surface area contributed by atoms with Gasteiger partial charge in [-0.05, 0) is 31.2 Å². The number of benzene rings is 1. The fourth-order valence-corrected chi connectivity index (χ4v) is 2.27. The summed E-state index contributed by atoms with van der Waals surface area (Å²) in [4.78, 5) is 23.5. The summed E-state index contributed by atoms with van der Waals surface area (Å²) in [7, 11) is 0. The number of hydrogen-bond acceptors (Lipinski definition) is 4. The van der Waals surface area contributed by atoms with E-state index < -0.39 is 0 Å². The Morgan fingerprint density at radius 2 is 1.95 bits per heavy atom. The van der Waals surface area contributed by atoms with Gasteiger partial charge in [-0.1, -0.05) is 0 Å². The monoisotopic (exact) mass is 299 g/mol. The van der Waals surface area contributed by atoms with Crippen LogP contribution in [-0.2, 0) is 14.3 Å². The van der Waals surface area contributed by atoms with E-state index in [4.69, 9.17) is 4.74 Å². The topological polar surface area (TPSA) is 55.4 Å². The molecule has 1 N–H and O–H groups in total. The molecule has 1 aromatic carbocycles. The highest BCUT2D eigenvalue weighted by Crippen LogP contribution is 2.18. The van der Waals surface area contributed by atoms with Gasteiger partial charge in [0.2, 0.25) is 5.91 Å². The van der Waals surface area contributed by atoms with Gasteiger partial charge in [0.25, 0.3) is 0 Å². The molecule has 0 saturated carbocycles. The second-order valence-electron chi connectivity index (χ2n) is 3.96. The Morgan fingerprint density at radius 1 is 1.25 bits per heavy atom. The quantitative estimate of drug-likeness (QED) is 0.591. The lowest BCUT2D eigenvalue weighted by Crippen LogP contribution is -2.26. The van der Waals surface area contributed by atoms with Crippen LogP contribution < -0.4 is 5.32 Å². The predicted octanol–water partition coefficient (Wildman–Crippen LogP) is 2.38. The molecule has 0 atom stereocenters. The molecule has 0 radical (unpaired) electrons. The lowest BCUT2D eigenvalue weighted by atomic mass is 10.3. The number of thioether (sulfide) groups is 1. The van der Waals surface area contributed by atoms with E-state index in [9.17, 15) is 14.0 Å². The molecule has 0 heterocycles. The normalized spacial score (nSPS) is 10.1. The molecule has 0 fully saturated rings. The average molecular weight is 299 g/mol. The van der Waals surface area contributed by atoms with Crippen LogP contribution in [0, 0.1) is 5.82 Å². The Balaban J connectivity index is 2.11. The molecule has 4 nitrogen and oxygen atoms in total. The van der Waals surface area contributed by atoms with E-state index in [0.29, 0.717) is 25.3 Å². The van der Waals surface area contributed by atoms with E-state index >= 15 is 0 Å². The van der Waals surface area contributed by atoms with Crippen molar-refractivity contribution in [2.45, 2.75) is 24.7 Å². The Hall–Kier alpha value is -1.56. The van der Waals surface area contributed by atoms with Gasteiger partial charge >= 0.3 is 5.97 Å². The van der Waals surface area contributed by atoms with E-state index in [0.717, 1.165) is 4.90 Å². The lowest BCUT2D eigenvalue weighted by molar-refractivity contribution is -0.143. The largest absolute Gasteiger partial charge is 0.466 e. The molecule has 0 saturated heterocycles. The first-order valence-corrected chi connectivity index (χ1v) is 7.41. The van der Waals surface area contributed by atoms with Gasteiger partial charge in [-0.2, -0.15) is 0 Å². The second-order valence-corrected chi connectivity index (χ2v) is 5.13. The fraction of sp³-hybridized carbons (Fsp3) is 0.429. The number of ether oxygens (including phenoxy) is 1. The number of amides is 1. The van der Waals surface area contributed by atoms with E-state index in [1.165, 1.54) is 23.9 Å². The Kier molecular flexibility index (Phi) is 7.72. The number of hydrogen-bond donors (Lipinski definition) is 1. The first-order chi connectivity index (χ1) is 9.61. The first kappa shape index (κ1) is 16.5. The zero-order valence-electron chi connectivity index (χ0n) is 11.4. The van der Waals surface area contributed by atoms with Crippen molar-refractivity contribution in [1.82, 2.24) is 5.32 Å². The van der Waals surface area contributed by atoms with E-state index in [-0.39, 0.29) is 24.1 Å². The van der Waals surface area contributed by atoms with Crippen LogP contribution in [0.25, 0.3) is 0 Å². The molecule has 0 unspecified atom stereocenters. The van der Waals surface area contributed by atoms with Gasteiger partial charge in [0, 0.05) is 23.6 Å². The van der Waals surface area contributed by atoms with Gasteiger partial charge in [-0.15, -0.1) is 11.8 Å². The second kappa shape index (κ2) is 9.36. The summed E-state index contributed by atoms with van der Waals surface area (Å²) in [6, 6.07) is 6.14. The minimum absolute atomic E-state index is 0.107. The molecule has 0 aromatic heterocycles. The maximum Gasteiger partial charge on any atom is 0.307 e. The molecular weight excluding hydrogens is 281 g/mol. The van der Waals surface area contributed by atoms with Gasteiger partial charge in [0.05, 0.1) is 13.0 Å². The number of nitrogens with one attached hydrogen (secondary N) is 1. The molecule has 1 amide bonds. The highest BCUT2D eigenvalue weighted by Gasteiger charge is 2.05. The summed E-state index contributed by atoms with van der Waals surface area (Å²) < 4.78 is 17.4. The summed E-state index contributed by atoms with van der Waals surface area (Å²) in [5.74, 6) is -0.0832. The molecule has 0 aliphatic rings. The van der Waals surface area contributed by atoms with Crippen molar-refractivity contribution in [3.05, 3.63) is 30.1 Å². The van der Waals surface area contributed by atoms with Crippen LogP contribution >= 0.6 is 11.8 Å². The van der Waals surface area contributed by atoms with Crippen molar-refractivity contribution in [3.8, 4) is 0 Å². The standard InChI is InChI=1S/C14H18FNO3S/c1-2-19-14(18)7-9-16-13(17)8-10-20-12-5-3-11(15)4-6-12/h3-6H,2,7-10H2,1H3,(H,16,17). The Bertz CT molecular complexity index is 437. The van der Waals surface area contributed by atoms with Crippen LogP contribution in [-0.4, -0.2) is 30.8 Å². The minimum atomic E-state index is -0.312. The van der Waals surface area contributed by atoms with E-state index in [1.54, 1.807) is 19.1 Å². The number of carbonyl (C=O) groups is 2. The van der Waals surface area contributed by atoms with Crippen molar-refractivity contribution in [2.24, 2.45) is 0 Å². The van der Waals surface area contributed by atoms with Crippen LogP contribution in [0.1, 0.15) is 19.8 Å². The molecule has 0 bridgehead atoms. The van der Waals surface area contributed by atoms with Crippen molar-refractivity contribution in [3.63, 3.8) is 0 Å². The van der Waals surface area contributed by atoms with Crippen molar-refractivity contribution in [1.29, 1.82) is 0 Å². The predicted molar refractivity (Wildman–Crippen MR) is 76.0 cm³/mol. The summed E-state index contributed by atoms with van der Waals surface area (Å²) in [5.41, 5.74) is 0. The molecule has 20 heavy (non-hydrogen) atoms. The minimum Gasteiger partial charge on any atom is -0.466 e.